The van der Waals surface area contributed by atoms with Crippen molar-refractivity contribution in [3.8, 4) is 0 Å². The van der Waals surface area contributed by atoms with Gasteiger partial charge in [0.15, 0.2) is 0 Å². The van der Waals surface area contributed by atoms with E-state index in [2.05, 4.69) is 27.1 Å². The highest BCUT2D eigenvalue weighted by molar-refractivity contribution is 6.00. The Morgan fingerprint density at radius 2 is 1.84 bits per heavy atom. The van der Waals surface area contributed by atoms with Crippen LogP contribution < -0.4 is 10.2 Å². The first-order chi connectivity index (χ1) is 15.4. The van der Waals surface area contributed by atoms with E-state index in [-0.39, 0.29) is 17.7 Å². The molecule has 4 rings (SSSR count). The van der Waals surface area contributed by atoms with Crippen LogP contribution in [0.3, 0.4) is 0 Å². The molecule has 3 saturated heterocycles. The third kappa shape index (κ3) is 5.20. The minimum atomic E-state index is -0.808. The summed E-state index contributed by atoms with van der Waals surface area (Å²) in [7, 11) is 2.17. The molecule has 174 valence electrons. The van der Waals surface area contributed by atoms with E-state index in [9.17, 15) is 14.4 Å². The Kier molecular flexibility index (Phi) is 6.93. The number of piperidine rings is 3. The molecule has 2 N–H and O–H groups in total. The van der Waals surface area contributed by atoms with Crippen molar-refractivity contribution in [3.63, 3.8) is 0 Å². The van der Waals surface area contributed by atoms with E-state index in [0.29, 0.717) is 37.9 Å². The zero-order valence-electron chi connectivity index (χ0n) is 18.7. The van der Waals surface area contributed by atoms with Crippen LogP contribution in [0.25, 0.3) is 0 Å². The number of nitrogens with zero attached hydrogens (tertiary/aromatic N) is 4. The molecule has 1 aromatic rings. The molecule has 9 nitrogen and oxygen atoms in total. The third-order valence-electron chi connectivity index (χ3n) is 7.26. The van der Waals surface area contributed by atoms with Crippen LogP contribution in [0.5, 0.6) is 0 Å². The van der Waals surface area contributed by atoms with E-state index >= 15 is 0 Å². The van der Waals surface area contributed by atoms with Gasteiger partial charge in [-0.15, -0.1) is 0 Å². The molecule has 0 bridgehead atoms. The number of carbonyl (C=O) groups excluding carboxylic acids is 2. The largest absolute Gasteiger partial charge is 0.465 e. The van der Waals surface area contributed by atoms with E-state index in [1.54, 1.807) is 6.20 Å². The number of amides is 3. The van der Waals surface area contributed by atoms with Crippen LogP contribution in [-0.2, 0) is 9.59 Å². The Morgan fingerprint density at radius 3 is 2.44 bits per heavy atom. The average molecular weight is 444 g/mol. The first-order valence-electron chi connectivity index (χ1n) is 11.6. The molecule has 0 saturated carbocycles. The molecule has 1 atom stereocenters. The van der Waals surface area contributed by atoms with Gasteiger partial charge in [0.25, 0.3) is 0 Å². The number of hydrogen-bond donors (Lipinski definition) is 2. The lowest BCUT2D eigenvalue weighted by atomic mass is 9.91. The van der Waals surface area contributed by atoms with Crippen molar-refractivity contribution in [1.82, 2.24) is 20.1 Å². The number of likely N-dealkylation sites (tertiary alicyclic amines) is 1. The molecular weight excluding hydrogens is 410 g/mol. The Balaban J connectivity index is 1.24. The lowest BCUT2D eigenvalue weighted by Gasteiger charge is -2.39. The molecule has 32 heavy (non-hydrogen) atoms. The summed E-state index contributed by atoms with van der Waals surface area (Å²) in [6.45, 7) is 4.22. The molecule has 0 aromatic carbocycles. The number of imide groups is 1. The van der Waals surface area contributed by atoms with Gasteiger partial charge >= 0.3 is 6.09 Å². The average Bonchev–Trinajstić information content (AvgIpc) is 2.80. The topological polar surface area (TPSA) is 106 Å². The molecule has 1 unspecified atom stereocenters. The Bertz CT molecular complexity index is 829. The van der Waals surface area contributed by atoms with Crippen LogP contribution >= 0.6 is 0 Å². The molecule has 0 aliphatic carbocycles. The van der Waals surface area contributed by atoms with Crippen LogP contribution in [0.1, 0.15) is 50.0 Å². The normalized spacial score (nSPS) is 23.5. The van der Waals surface area contributed by atoms with Crippen molar-refractivity contribution in [2.75, 3.05) is 44.7 Å². The summed E-state index contributed by atoms with van der Waals surface area (Å²) < 4.78 is 0. The SMILES string of the molecule is CN(CC1CCN(c2ccc(C3CCC(=O)NC3=O)cn2)CC1)C1CCN(C(=O)O)CC1. The van der Waals surface area contributed by atoms with Crippen molar-refractivity contribution < 1.29 is 19.5 Å². The van der Waals surface area contributed by atoms with Gasteiger partial charge in [-0.2, -0.15) is 0 Å². The number of rotatable bonds is 5. The molecule has 9 heteroatoms. The maximum absolute atomic E-state index is 12.1. The quantitative estimate of drug-likeness (QED) is 0.670. The summed E-state index contributed by atoms with van der Waals surface area (Å²) in [5.41, 5.74) is 0.865. The van der Waals surface area contributed by atoms with Crippen LogP contribution in [0.15, 0.2) is 18.3 Å². The predicted octanol–water partition coefficient (Wildman–Crippen LogP) is 1.89. The smallest absolute Gasteiger partial charge is 0.407 e. The molecule has 0 radical (unpaired) electrons. The zero-order chi connectivity index (χ0) is 22.7. The van der Waals surface area contributed by atoms with Crippen LogP contribution in [-0.4, -0.2) is 83.6 Å². The lowest BCUT2D eigenvalue weighted by molar-refractivity contribution is -0.134. The van der Waals surface area contributed by atoms with Crippen molar-refractivity contribution in [3.05, 3.63) is 23.9 Å². The maximum atomic E-state index is 12.1. The fourth-order valence-electron chi connectivity index (χ4n) is 5.20. The second kappa shape index (κ2) is 9.85. The second-order valence-corrected chi connectivity index (χ2v) is 9.32. The molecule has 0 spiro atoms. The van der Waals surface area contributed by atoms with Crippen LogP contribution in [0.2, 0.25) is 0 Å². The second-order valence-electron chi connectivity index (χ2n) is 9.32. The van der Waals surface area contributed by atoms with E-state index < -0.39 is 6.09 Å². The fourth-order valence-corrected chi connectivity index (χ4v) is 5.20. The maximum Gasteiger partial charge on any atom is 0.407 e. The molecular formula is C23H33N5O4. The predicted molar refractivity (Wildman–Crippen MR) is 120 cm³/mol. The van der Waals surface area contributed by atoms with Gasteiger partial charge in [0.05, 0.1) is 5.92 Å². The minimum Gasteiger partial charge on any atom is -0.465 e. The van der Waals surface area contributed by atoms with Crippen molar-refractivity contribution >= 4 is 23.7 Å². The monoisotopic (exact) mass is 443 g/mol. The molecule has 3 aliphatic rings. The van der Waals surface area contributed by atoms with Crippen LogP contribution in [0, 0.1) is 5.92 Å². The standard InChI is InChI=1S/C23H33N5O4/c1-26(18-8-12-28(13-9-18)23(31)32)15-16-6-10-27(11-7-16)20-4-2-17(14-24-20)19-3-5-21(29)25-22(19)30/h2,4,14,16,18-19H,3,5-13,15H2,1H3,(H,31,32)(H,25,29,30). The summed E-state index contributed by atoms with van der Waals surface area (Å²) in [5.74, 6) is 0.854. The highest BCUT2D eigenvalue weighted by Crippen LogP contribution is 2.28. The minimum absolute atomic E-state index is 0.199. The summed E-state index contributed by atoms with van der Waals surface area (Å²) in [6, 6.07) is 4.41. The molecule has 3 amide bonds. The van der Waals surface area contributed by atoms with Gasteiger partial charge in [0.1, 0.15) is 5.82 Å². The number of hydrogen-bond acceptors (Lipinski definition) is 6. The van der Waals surface area contributed by atoms with Gasteiger partial charge in [-0.1, -0.05) is 6.07 Å². The number of carbonyl (C=O) groups is 3. The molecule has 3 fully saturated rings. The first-order valence-corrected chi connectivity index (χ1v) is 11.6. The molecule has 3 aliphatic heterocycles. The van der Waals surface area contributed by atoms with E-state index in [4.69, 9.17) is 5.11 Å². The highest BCUT2D eigenvalue weighted by atomic mass is 16.4. The zero-order valence-corrected chi connectivity index (χ0v) is 18.7. The van der Waals surface area contributed by atoms with E-state index in [0.717, 1.165) is 56.7 Å². The van der Waals surface area contributed by atoms with Gasteiger partial charge in [-0.05, 0) is 56.7 Å². The molecule has 1 aromatic heterocycles. The summed E-state index contributed by atoms with van der Waals surface area (Å²) >= 11 is 0. The summed E-state index contributed by atoms with van der Waals surface area (Å²) in [5, 5.41) is 11.5. The fraction of sp³-hybridized carbons (Fsp3) is 0.652. The number of nitrogens with one attached hydrogen (secondary N) is 1. The number of carboxylic acid groups (broad SMARTS) is 1. The number of aromatic nitrogens is 1. The summed E-state index contributed by atoms with van der Waals surface area (Å²) in [4.78, 5) is 45.4. The van der Waals surface area contributed by atoms with Gasteiger partial charge < -0.3 is 19.8 Å². The van der Waals surface area contributed by atoms with Crippen molar-refractivity contribution in [2.45, 2.75) is 50.5 Å². The highest BCUT2D eigenvalue weighted by Gasteiger charge is 2.30. The van der Waals surface area contributed by atoms with Gasteiger partial charge in [-0.3, -0.25) is 14.9 Å². The van der Waals surface area contributed by atoms with E-state index in [1.165, 1.54) is 4.90 Å². The summed E-state index contributed by atoms with van der Waals surface area (Å²) in [6.07, 6.45) is 5.91. The number of pyridine rings is 1. The van der Waals surface area contributed by atoms with Gasteiger partial charge in [-0.25, -0.2) is 9.78 Å². The third-order valence-corrected chi connectivity index (χ3v) is 7.26. The van der Waals surface area contributed by atoms with Gasteiger partial charge in [0.2, 0.25) is 11.8 Å². The Morgan fingerprint density at radius 1 is 1.12 bits per heavy atom. The Hall–Kier alpha value is -2.68. The van der Waals surface area contributed by atoms with Crippen LogP contribution in [0.4, 0.5) is 10.6 Å². The Labute approximate surface area is 188 Å². The van der Waals surface area contributed by atoms with Crippen molar-refractivity contribution in [2.24, 2.45) is 5.92 Å². The van der Waals surface area contributed by atoms with Gasteiger partial charge in [0, 0.05) is 51.4 Å². The number of anilines is 1. The van der Waals surface area contributed by atoms with Crippen molar-refractivity contribution in [1.29, 1.82) is 0 Å². The van der Waals surface area contributed by atoms with E-state index in [1.807, 2.05) is 12.1 Å². The first kappa shape index (κ1) is 22.5. The molecule has 4 heterocycles. The lowest BCUT2D eigenvalue weighted by Crippen LogP contribution is -2.47.